The van der Waals surface area contributed by atoms with Crippen LogP contribution in [-0.2, 0) is 14.5 Å². The van der Waals surface area contributed by atoms with Gasteiger partial charge in [0, 0.05) is 5.92 Å². The largest absolute Gasteiger partial charge is 0.367 e. The lowest BCUT2D eigenvalue weighted by atomic mass is 9.85. The third kappa shape index (κ3) is 4.32. The summed E-state index contributed by atoms with van der Waals surface area (Å²) in [6.45, 7) is 11.5. The van der Waals surface area contributed by atoms with Crippen LogP contribution in [0.4, 0.5) is 0 Å². The van der Waals surface area contributed by atoms with Gasteiger partial charge in [-0.1, -0.05) is 20.3 Å². The average Bonchev–Trinajstić information content (AvgIpc) is 2.45. The van der Waals surface area contributed by atoms with Gasteiger partial charge in [-0.05, 0) is 40.5 Å². The molecule has 0 aromatic heterocycles. The molecule has 0 aromatic carbocycles. The van der Waals surface area contributed by atoms with Crippen molar-refractivity contribution in [3.8, 4) is 0 Å². The zero-order valence-corrected chi connectivity index (χ0v) is 14.4. The highest BCUT2D eigenvalue weighted by atomic mass is 16.9. The van der Waals surface area contributed by atoms with Crippen LogP contribution in [0.2, 0.25) is 0 Å². The summed E-state index contributed by atoms with van der Waals surface area (Å²) in [5, 5.41) is 11.5. The van der Waals surface area contributed by atoms with E-state index in [-0.39, 0.29) is 30.0 Å². The maximum atomic E-state index is 12.1. The van der Waals surface area contributed by atoms with Gasteiger partial charge in [0.25, 0.3) is 5.09 Å². The van der Waals surface area contributed by atoms with E-state index >= 15 is 0 Å². The first-order valence-corrected chi connectivity index (χ1v) is 7.78. The molecule has 1 aliphatic heterocycles. The Hall–Kier alpha value is -1.37. The molecule has 0 aromatic rings. The SMILES string of the molecule is CC(C)C(=O)ON1C(C)(C)CCCC(CO[N+](=O)[O-])C1(C)C. The Morgan fingerprint density at radius 2 is 1.95 bits per heavy atom. The van der Waals surface area contributed by atoms with Crippen LogP contribution in [0.25, 0.3) is 0 Å². The Morgan fingerprint density at radius 3 is 2.45 bits per heavy atom. The van der Waals surface area contributed by atoms with Crippen LogP contribution < -0.4 is 0 Å². The van der Waals surface area contributed by atoms with Crippen molar-refractivity contribution in [2.24, 2.45) is 11.8 Å². The number of hydrogen-bond donors (Lipinski definition) is 0. The zero-order valence-electron chi connectivity index (χ0n) is 14.4. The first-order valence-electron chi connectivity index (χ1n) is 7.78. The molecule has 1 saturated heterocycles. The van der Waals surface area contributed by atoms with Gasteiger partial charge < -0.3 is 9.68 Å². The summed E-state index contributed by atoms with van der Waals surface area (Å²) in [5.74, 6) is -0.625. The summed E-state index contributed by atoms with van der Waals surface area (Å²) >= 11 is 0. The molecule has 1 unspecified atom stereocenters. The second-order valence-corrected chi connectivity index (χ2v) is 7.43. The average molecular weight is 316 g/mol. The summed E-state index contributed by atoms with van der Waals surface area (Å²) in [7, 11) is 0. The smallest absolute Gasteiger partial charge is 0.327 e. The number of hydrogen-bond acceptors (Lipinski definition) is 6. The molecule has 7 heteroatoms. The van der Waals surface area contributed by atoms with E-state index in [4.69, 9.17) is 4.84 Å². The molecule has 1 rings (SSSR count). The molecule has 0 radical (unpaired) electrons. The number of hydroxylamine groups is 2. The summed E-state index contributed by atoms with van der Waals surface area (Å²) in [5.41, 5.74) is -0.891. The molecular weight excluding hydrogens is 288 g/mol. The van der Waals surface area contributed by atoms with E-state index in [0.29, 0.717) is 0 Å². The van der Waals surface area contributed by atoms with E-state index in [9.17, 15) is 14.9 Å². The minimum absolute atomic E-state index is 0.00576. The normalized spacial score (nSPS) is 24.6. The minimum Gasteiger partial charge on any atom is -0.367 e. The van der Waals surface area contributed by atoms with Crippen molar-refractivity contribution in [1.82, 2.24) is 5.06 Å². The first-order chi connectivity index (χ1) is 9.98. The Morgan fingerprint density at radius 1 is 1.36 bits per heavy atom. The van der Waals surface area contributed by atoms with Crippen LogP contribution in [0.1, 0.15) is 60.8 Å². The van der Waals surface area contributed by atoms with Gasteiger partial charge in [0.15, 0.2) is 0 Å². The van der Waals surface area contributed by atoms with Gasteiger partial charge in [0.05, 0.1) is 17.0 Å². The van der Waals surface area contributed by atoms with Gasteiger partial charge in [0.1, 0.15) is 6.61 Å². The van der Waals surface area contributed by atoms with Crippen molar-refractivity contribution in [2.75, 3.05) is 6.61 Å². The van der Waals surface area contributed by atoms with Crippen LogP contribution in [0.5, 0.6) is 0 Å². The van der Waals surface area contributed by atoms with E-state index in [2.05, 4.69) is 4.84 Å². The quantitative estimate of drug-likeness (QED) is 0.573. The highest BCUT2D eigenvalue weighted by Gasteiger charge is 2.48. The van der Waals surface area contributed by atoms with Gasteiger partial charge in [-0.2, -0.15) is 0 Å². The predicted octanol–water partition coefficient (Wildman–Crippen LogP) is 2.97. The fraction of sp³-hybridized carbons (Fsp3) is 0.933. The van der Waals surface area contributed by atoms with E-state index in [0.717, 1.165) is 19.3 Å². The lowest BCUT2D eigenvalue weighted by Gasteiger charge is -2.47. The predicted molar refractivity (Wildman–Crippen MR) is 81.2 cm³/mol. The highest BCUT2D eigenvalue weighted by molar-refractivity contribution is 5.71. The second-order valence-electron chi connectivity index (χ2n) is 7.43. The van der Waals surface area contributed by atoms with Gasteiger partial charge >= 0.3 is 5.97 Å². The Balaban J connectivity index is 3.03. The summed E-state index contributed by atoms with van der Waals surface area (Å²) in [4.78, 5) is 32.8. The van der Waals surface area contributed by atoms with E-state index < -0.39 is 10.6 Å². The standard InChI is InChI=1S/C15H28N2O5/c1-11(2)13(18)22-16-14(3,4)9-7-8-12(15(16,5)6)10-21-17(19)20/h11-12H,7-10H2,1-6H3. The Kier molecular flexibility index (Phi) is 5.78. The second kappa shape index (κ2) is 6.81. The number of carbonyl (C=O) groups is 1. The summed E-state index contributed by atoms with van der Waals surface area (Å²) in [6.07, 6.45) is 2.54. The third-order valence-electron chi connectivity index (χ3n) is 4.45. The highest BCUT2D eigenvalue weighted by Crippen LogP contribution is 2.40. The van der Waals surface area contributed by atoms with Gasteiger partial charge in [0.2, 0.25) is 0 Å². The van der Waals surface area contributed by atoms with Gasteiger partial charge in [-0.15, -0.1) is 15.2 Å². The van der Waals surface area contributed by atoms with Crippen LogP contribution in [-0.4, -0.2) is 33.8 Å². The van der Waals surface area contributed by atoms with E-state index in [1.807, 2.05) is 27.7 Å². The first kappa shape index (κ1) is 18.7. The van der Waals surface area contributed by atoms with Crippen molar-refractivity contribution >= 4 is 5.97 Å². The topological polar surface area (TPSA) is 81.9 Å². The fourth-order valence-corrected chi connectivity index (χ4v) is 3.06. The Bertz CT molecular complexity index is 420. The number of nitrogens with zero attached hydrogens (tertiary/aromatic N) is 2. The molecule has 0 spiro atoms. The number of carbonyl (C=O) groups excluding carboxylic acids is 1. The summed E-state index contributed by atoms with van der Waals surface area (Å²) < 4.78 is 0. The maximum Gasteiger partial charge on any atom is 0.327 e. The monoisotopic (exact) mass is 316 g/mol. The van der Waals surface area contributed by atoms with Crippen molar-refractivity contribution in [3.05, 3.63) is 10.1 Å². The molecule has 1 atom stereocenters. The molecule has 1 fully saturated rings. The van der Waals surface area contributed by atoms with Gasteiger partial charge in [-0.3, -0.25) is 4.79 Å². The van der Waals surface area contributed by atoms with Crippen molar-refractivity contribution < 1.29 is 19.6 Å². The van der Waals surface area contributed by atoms with Crippen LogP contribution in [0, 0.1) is 22.0 Å². The lowest BCUT2D eigenvalue weighted by molar-refractivity contribution is -0.759. The van der Waals surface area contributed by atoms with Crippen molar-refractivity contribution in [2.45, 2.75) is 71.9 Å². The van der Waals surface area contributed by atoms with Crippen LogP contribution >= 0.6 is 0 Å². The van der Waals surface area contributed by atoms with Crippen molar-refractivity contribution in [1.29, 1.82) is 0 Å². The fourth-order valence-electron chi connectivity index (χ4n) is 3.06. The molecule has 22 heavy (non-hydrogen) atoms. The van der Waals surface area contributed by atoms with E-state index in [1.54, 1.807) is 18.9 Å². The molecule has 7 nitrogen and oxygen atoms in total. The number of rotatable bonds is 5. The van der Waals surface area contributed by atoms with Gasteiger partial charge in [-0.25, -0.2) is 0 Å². The van der Waals surface area contributed by atoms with Crippen molar-refractivity contribution in [3.63, 3.8) is 0 Å². The minimum atomic E-state index is -0.767. The maximum absolute atomic E-state index is 12.1. The van der Waals surface area contributed by atoms with Crippen LogP contribution in [0.15, 0.2) is 0 Å². The molecule has 0 saturated carbocycles. The van der Waals surface area contributed by atoms with Crippen LogP contribution in [0.3, 0.4) is 0 Å². The molecule has 0 aliphatic carbocycles. The third-order valence-corrected chi connectivity index (χ3v) is 4.45. The molecule has 0 amide bonds. The molecule has 0 bridgehead atoms. The zero-order chi connectivity index (χ0) is 17.1. The lowest BCUT2D eigenvalue weighted by Crippen LogP contribution is -2.58. The molecule has 0 N–H and O–H groups in total. The molecule has 1 aliphatic rings. The Labute approximate surface area is 132 Å². The molecule has 1 heterocycles. The molecule has 128 valence electrons. The van der Waals surface area contributed by atoms with E-state index in [1.165, 1.54) is 0 Å². The molecular formula is C15H28N2O5. The summed E-state index contributed by atoms with van der Waals surface area (Å²) in [6, 6.07) is 0.